The van der Waals surface area contributed by atoms with Crippen molar-refractivity contribution in [2.75, 3.05) is 26.1 Å². The van der Waals surface area contributed by atoms with Gasteiger partial charge in [-0.2, -0.15) is 0 Å². The van der Waals surface area contributed by atoms with Crippen molar-refractivity contribution < 1.29 is 19.1 Å². The van der Waals surface area contributed by atoms with Crippen molar-refractivity contribution >= 4 is 29.1 Å². The van der Waals surface area contributed by atoms with Crippen molar-refractivity contribution in [2.24, 2.45) is 0 Å². The first-order valence-electron chi connectivity index (χ1n) is 7.55. The van der Waals surface area contributed by atoms with Gasteiger partial charge in [-0.1, -0.05) is 35.9 Å². The molecule has 1 unspecified atom stereocenters. The van der Waals surface area contributed by atoms with E-state index in [-0.39, 0.29) is 6.54 Å². The van der Waals surface area contributed by atoms with E-state index in [1.165, 1.54) is 7.11 Å². The predicted octanol–water partition coefficient (Wildman–Crippen LogP) is 2.79. The topological polar surface area (TPSA) is 76.7 Å². The number of carbonyl (C=O) groups is 2. The number of amides is 2. The summed E-state index contributed by atoms with van der Waals surface area (Å²) in [7, 11) is 3.08. The largest absolute Gasteiger partial charge is 0.496 e. The maximum Gasteiger partial charge on any atom is 0.313 e. The van der Waals surface area contributed by atoms with Crippen molar-refractivity contribution in [1.29, 1.82) is 0 Å². The number of hydrogen-bond donors (Lipinski definition) is 2. The lowest BCUT2D eigenvalue weighted by Crippen LogP contribution is -2.38. The zero-order valence-electron chi connectivity index (χ0n) is 13.9. The van der Waals surface area contributed by atoms with Crippen LogP contribution in [0, 0.1) is 0 Å². The first kappa shape index (κ1) is 18.8. The molecule has 0 aliphatic rings. The monoisotopic (exact) mass is 362 g/mol. The second-order valence-electron chi connectivity index (χ2n) is 5.14. The van der Waals surface area contributed by atoms with Crippen molar-refractivity contribution in [3.8, 4) is 5.75 Å². The van der Waals surface area contributed by atoms with Gasteiger partial charge in [-0.25, -0.2) is 0 Å². The Kier molecular flexibility index (Phi) is 6.80. The molecule has 0 saturated carbocycles. The van der Waals surface area contributed by atoms with Gasteiger partial charge in [-0.3, -0.25) is 9.59 Å². The maximum atomic E-state index is 12.0. The maximum absolute atomic E-state index is 12.0. The summed E-state index contributed by atoms with van der Waals surface area (Å²) in [5.41, 5.74) is 1.23. The second-order valence-corrected chi connectivity index (χ2v) is 5.58. The minimum atomic E-state index is -0.780. The Morgan fingerprint density at radius 2 is 1.84 bits per heavy atom. The Morgan fingerprint density at radius 1 is 1.08 bits per heavy atom. The molecule has 2 amide bonds. The fourth-order valence-electron chi connectivity index (χ4n) is 2.27. The van der Waals surface area contributed by atoms with Crippen LogP contribution in [0.3, 0.4) is 0 Å². The quantitative estimate of drug-likeness (QED) is 0.775. The Labute approximate surface area is 151 Å². The Bertz CT molecular complexity index is 751. The molecule has 0 radical (unpaired) electrons. The van der Waals surface area contributed by atoms with Gasteiger partial charge in [-0.15, -0.1) is 0 Å². The Hall–Kier alpha value is -2.57. The standard InChI is InChI=1S/C18H19ClN2O4/c1-24-15-9-4-3-8-14(15)16(25-2)11-20-17(22)18(23)21-13-7-5-6-12(19)10-13/h3-10,16H,11H2,1-2H3,(H,20,22)(H,21,23). The highest BCUT2D eigenvalue weighted by atomic mass is 35.5. The molecule has 7 heteroatoms. The van der Waals surface area contributed by atoms with Gasteiger partial charge in [0, 0.05) is 29.9 Å². The third kappa shape index (κ3) is 5.20. The Morgan fingerprint density at radius 3 is 2.52 bits per heavy atom. The molecule has 2 N–H and O–H groups in total. The molecule has 132 valence electrons. The van der Waals surface area contributed by atoms with Crippen molar-refractivity contribution in [2.45, 2.75) is 6.10 Å². The highest BCUT2D eigenvalue weighted by Gasteiger charge is 2.19. The molecule has 0 aliphatic heterocycles. The molecular weight excluding hydrogens is 344 g/mol. The number of nitrogens with one attached hydrogen (secondary N) is 2. The zero-order valence-corrected chi connectivity index (χ0v) is 14.7. The molecule has 0 spiro atoms. The number of anilines is 1. The van der Waals surface area contributed by atoms with E-state index in [4.69, 9.17) is 21.1 Å². The minimum Gasteiger partial charge on any atom is -0.496 e. The molecule has 2 rings (SSSR count). The van der Waals surface area contributed by atoms with Gasteiger partial charge in [0.1, 0.15) is 11.9 Å². The summed E-state index contributed by atoms with van der Waals surface area (Å²) >= 11 is 5.85. The SMILES string of the molecule is COc1ccccc1C(CNC(=O)C(=O)Nc1cccc(Cl)c1)OC. The van der Waals surface area contributed by atoms with Gasteiger partial charge in [0.15, 0.2) is 0 Å². The van der Waals surface area contributed by atoms with Crippen LogP contribution in [0.15, 0.2) is 48.5 Å². The van der Waals surface area contributed by atoms with Gasteiger partial charge in [-0.05, 0) is 24.3 Å². The number of ether oxygens (including phenoxy) is 2. The molecule has 2 aromatic carbocycles. The average Bonchev–Trinajstić information content (AvgIpc) is 2.62. The number of methoxy groups -OCH3 is 2. The van der Waals surface area contributed by atoms with Gasteiger partial charge < -0.3 is 20.1 Å². The summed E-state index contributed by atoms with van der Waals surface area (Å²) in [6.07, 6.45) is -0.445. The third-order valence-corrected chi connectivity index (χ3v) is 3.74. The molecule has 0 saturated heterocycles. The van der Waals surface area contributed by atoms with E-state index in [2.05, 4.69) is 10.6 Å². The summed E-state index contributed by atoms with van der Waals surface area (Å²) < 4.78 is 10.7. The molecule has 0 heterocycles. The second kappa shape index (κ2) is 9.05. The zero-order chi connectivity index (χ0) is 18.2. The number of rotatable bonds is 6. The van der Waals surface area contributed by atoms with Gasteiger partial charge in [0.25, 0.3) is 0 Å². The van der Waals surface area contributed by atoms with Crippen LogP contribution in [0.2, 0.25) is 5.02 Å². The molecule has 0 bridgehead atoms. The molecule has 0 aromatic heterocycles. The van der Waals surface area contributed by atoms with Gasteiger partial charge in [0.05, 0.1) is 7.11 Å². The van der Waals surface area contributed by atoms with Crippen LogP contribution >= 0.6 is 11.6 Å². The molecule has 2 aromatic rings. The molecule has 0 aliphatic carbocycles. The first-order valence-corrected chi connectivity index (χ1v) is 7.93. The van der Waals surface area contributed by atoms with E-state index >= 15 is 0 Å². The fraction of sp³-hybridized carbons (Fsp3) is 0.222. The summed E-state index contributed by atoms with van der Waals surface area (Å²) in [6.45, 7) is 0.124. The van der Waals surface area contributed by atoms with Gasteiger partial charge >= 0.3 is 11.8 Å². The average molecular weight is 363 g/mol. The summed E-state index contributed by atoms with van der Waals surface area (Å²) in [5, 5.41) is 5.51. The first-order chi connectivity index (χ1) is 12.0. The smallest absolute Gasteiger partial charge is 0.313 e. The third-order valence-electron chi connectivity index (χ3n) is 3.51. The van der Waals surface area contributed by atoms with Crippen LogP contribution in [-0.2, 0) is 14.3 Å². The highest BCUT2D eigenvalue weighted by Crippen LogP contribution is 2.26. The molecule has 25 heavy (non-hydrogen) atoms. The van der Waals surface area contributed by atoms with Crippen molar-refractivity contribution in [3.63, 3.8) is 0 Å². The highest BCUT2D eigenvalue weighted by molar-refractivity contribution is 6.39. The van der Waals surface area contributed by atoms with Gasteiger partial charge in [0.2, 0.25) is 0 Å². The predicted molar refractivity (Wildman–Crippen MR) is 95.8 cm³/mol. The lowest BCUT2D eigenvalue weighted by molar-refractivity contribution is -0.136. The lowest BCUT2D eigenvalue weighted by atomic mass is 10.1. The van der Waals surface area contributed by atoms with Crippen molar-refractivity contribution in [1.82, 2.24) is 5.32 Å². The molecular formula is C18H19ClN2O4. The van der Waals surface area contributed by atoms with Crippen molar-refractivity contribution in [3.05, 3.63) is 59.1 Å². The van der Waals surface area contributed by atoms with E-state index in [1.807, 2.05) is 18.2 Å². The van der Waals surface area contributed by atoms with Crippen LogP contribution < -0.4 is 15.4 Å². The fourth-order valence-corrected chi connectivity index (χ4v) is 2.46. The number of hydrogen-bond acceptors (Lipinski definition) is 4. The molecule has 6 nitrogen and oxygen atoms in total. The van der Waals surface area contributed by atoms with E-state index in [1.54, 1.807) is 37.4 Å². The summed E-state index contributed by atoms with van der Waals surface area (Å²) in [4.78, 5) is 23.9. The molecule has 1 atom stereocenters. The number of para-hydroxylation sites is 1. The number of carbonyl (C=O) groups excluding carboxylic acids is 2. The normalized spacial score (nSPS) is 11.5. The molecule has 0 fully saturated rings. The van der Waals surface area contributed by atoms with E-state index in [9.17, 15) is 9.59 Å². The van der Waals surface area contributed by atoms with E-state index in [0.717, 1.165) is 5.56 Å². The van der Waals surface area contributed by atoms with Crippen LogP contribution in [0.1, 0.15) is 11.7 Å². The van der Waals surface area contributed by atoms with Crippen LogP contribution in [0.25, 0.3) is 0 Å². The van der Waals surface area contributed by atoms with E-state index < -0.39 is 17.9 Å². The lowest BCUT2D eigenvalue weighted by Gasteiger charge is -2.18. The summed E-state index contributed by atoms with van der Waals surface area (Å²) in [5.74, 6) is -0.902. The minimum absolute atomic E-state index is 0.124. The van der Waals surface area contributed by atoms with Crippen LogP contribution in [0.4, 0.5) is 5.69 Å². The van der Waals surface area contributed by atoms with E-state index in [0.29, 0.717) is 16.5 Å². The van der Waals surface area contributed by atoms with Crippen LogP contribution in [0.5, 0.6) is 5.75 Å². The van der Waals surface area contributed by atoms with Crippen LogP contribution in [-0.4, -0.2) is 32.6 Å². The number of halogens is 1. The summed E-state index contributed by atoms with van der Waals surface area (Å²) in [6, 6.07) is 13.9. The number of benzene rings is 2. The Balaban J connectivity index is 1.96.